The van der Waals surface area contributed by atoms with Crippen LogP contribution in [-0.2, 0) is 26.0 Å². The van der Waals surface area contributed by atoms with Crippen molar-refractivity contribution in [2.75, 3.05) is 32.3 Å². The Labute approximate surface area is 244 Å². The van der Waals surface area contributed by atoms with Gasteiger partial charge >= 0.3 is 5.97 Å². The molecule has 0 spiro atoms. The molecule has 1 heterocycles. The van der Waals surface area contributed by atoms with Crippen molar-refractivity contribution in [1.29, 1.82) is 0 Å². The fraction of sp³-hybridized carbons (Fsp3) is 0.300. The Morgan fingerprint density at radius 1 is 0.952 bits per heavy atom. The summed E-state index contributed by atoms with van der Waals surface area (Å²) in [6.07, 6.45) is 1.87. The van der Waals surface area contributed by atoms with Crippen molar-refractivity contribution in [3.05, 3.63) is 77.9 Å². The Morgan fingerprint density at radius 3 is 2.19 bits per heavy atom. The molecule has 3 aromatic carbocycles. The second-order valence-corrected chi connectivity index (χ2v) is 11.9. The molecule has 1 aliphatic heterocycles. The van der Waals surface area contributed by atoms with Gasteiger partial charge in [0.2, 0.25) is 15.9 Å². The predicted molar refractivity (Wildman–Crippen MR) is 157 cm³/mol. The highest BCUT2D eigenvalue weighted by Crippen LogP contribution is 2.32. The lowest BCUT2D eigenvalue weighted by atomic mass is 10.0. The Hall–Kier alpha value is -4.42. The summed E-state index contributed by atoms with van der Waals surface area (Å²) < 4.78 is 35.7. The number of aliphatic carboxylic acids is 1. The van der Waals surface area contributed by atoms with Crippen molar-refractivity contribution in [2.45, 2.75) is 31.3 Å². The van der Waals surface area contributed by atoms with Crippen molar-refractivity contribution >= 4 is 33.5 Å². The van der Waals surface area contributed by atoms with Crippen molar-refractivity contribution < 1.29 is 37.4 Å². The zero-order valence-electron chi connectivity index (χ0n) is 23.5. The van der Waals surface area contributed by atoms with E-state index in [0.717, 1.165) is 21.7 Å². The summed E-state index contributed by atoms with van der Waals surface area (Å²) >= 11 is 0. The SMILES string of the molecule is COc1ccc(-c2ccc(C(=O)Nc3ccc(C[C@H](NC(=O)[C@H]4CCCN4S(C)(=O)=O)C(=O)O)cc3)cc2)cc1OC. The van der Waals surface area contributed by atoms with Gasteiger partial charge in [0, 0.05) is 24.2 Å². The third-order valence-corrected chi connectivity index (χ3v) is 8.35. The number of hydrogen-bond donors (Lipinski definition) is 3. The van der Waals surface area contributed by atoms with E-state index >= 15 is 0 Å². The fourth-order valence-electron chi connectivity index (χ4n) is 4.86. The first-order valence-electron chi connectivity index (χ1n) is 13.2. The third-order valence-electron chi connectivity index (χ3n) is 7.06. The molecule has 222 valence electrons. The molecule has 4 rings (SSSR count). The third kappa shape index (κ3) is 7.25. The summed E-state index contributed by atoms with van der Waals surface area (Å²) in [5.74, 6) is -0.960. The number of hydrogen-bond acceptors (Lipinski definition) is 7. The van der Waals surface area contributed by atoms with Gasteiger partial charge < -0.3 is 25.2 Å². The number of carboxylic acid groups (broad SMARTS) is 1. The first-order valence-corrected chi connectivity index (χ1v) is 15.1. The van der Waals surface area contributed by atoms with E-state index in [2.05, 4.69) is 10.6 Å². The maximum Gasteiger partial charge on any atom is 0.326 e. The van der Waals surface area contributed by atoms with E-state index < -0.39 is 34.0 Å². The van der Waals surface area contributed by atoms with Crippen LogP contribution < -0.4 is 20.1 Å². The van der Waals surface area contributed by atoms with E-state index in [4.69, 9.17) is 9.47 Å². The number of carbonyl (C=O) groups is 3. The molecule has 3 N–H and O–H groups in total. The van der Waals surface area contributed by atoms with Crippen molar-refractivity contribution in [1.82, 2.24) is 9.62 Å². The lowest BCUT2D eigenvalue weighted by Gasteiger charge is -2.23. The lowest BCUT2D eigenvalue weighted by Crippen LogP contribution is -2.51. The van der Waals surface area contributed by atoms with Gasteiger partial charge in [-0.1, -0.05) is 30.3 Å². The van der Waals surface area contributed by atoms with Crippen LogP contribution in [0, 0.1) is 0 Å². The van der Waals surface area contributed by atoms with Crippen LogP contribution in [0.4, 0.5) is 5.69 Å². The van der Waals surface area contributed by atoms with Gasteiger partial charge in [-0.2, -0.15) is 4.31 Å². The highest BCUT2D eigenvalue weighted by Gasteiger charge is 2.37. The van der Waals surface area contributed by atoms with E-state index in [1.165, 1.54) is 0 Å². The summed E-state index contributed by atoms with van der Waals surface area (Å²) in [6.45, 7) is 0.226. The van der Waals surface area contributed by atoms with Gasteiger partial charge in [-0.3, -0.25) is 9.59 Å². The Bertz CT molecular complexity index is 1560. The van der Waals surface area contributed by atoms with Gasteiger partial charge in [0.05, 0.1) is 20.5 Å². The number of nitrogens with one attached hydrogen (secondary N) is 2. The number of carbonyl (C=O) groups excluding carboxylic acids is 2. The molecule has 0 saturated carbocycles. The Kier molecular flexibility index (Phi) is 9.48. The quantitative estimate of drug-likeness (QED) is 0.306. The van der Waals surface area contributed by atoms with Crippen molar-refractivity contribution in [2.24, 2.45) is 0 Å². The van der Waals surface area contributed by atoms with Gasteiger partial charge in [-0.05, 0) is 65.9 Å². The molecule has 2 atom stereocenters. The molecule has 0 radical (unpaired) electrons. The molecule has 1 fully saturated rings. The summed E-state index contributed by atoms with van der Waals surface area (Å²) in [4.78, 5) is 37.4. The maximum absolute atomic E-state index is 12.8. The maximum atomic E-state index is 12.8. The van der Waals surface area contributed by atoms with Crippen LogP contribution in [0.3, 0.4) is 0 Å². The lowest BCUT2D eigenvalue weighted by molar-refractivity contribution is -0.142. The van der Waals surface area contributed by atoms with E-state index in [-0.39, 0.29) is 18.9 Å². The minimum absolute atomic E-state index is 0.0154. The fourth-order valence-corrected chi connectivity index (χ4v) is 5.98. The smallest absolute Gasteiger partial charge is 0.326 e. The molecule has 12 heteroatoms. The highest BCUT2D eigenvalue weighted by molar-refractivity contribution is 7.88. The van der Waals surface area contributed by atoms with E-state index in [1.54, 1.807) is 50.6 Å². The number of nitrogens with zero attached hydrogens (tertiary/aromatic N) is 1. The molecule has 0 aromatic heterocycles. The minimum Gasteiger partial charge on any atom is -0.493 e. The van der Waals surface area contributed by atoms with Crippen LogP contribution in [0.2, 0.25) is 0 Å². The molecule has 3 aromatic rings. The van der Waals surface area contributed by atoms with Crippen LogP contribution in [0.1, 0.15) is 28.8 Å². The minimum atomic E-state index is -3.58. The van der Waals surface area contributed by atoms with Crippen LogP contribution >= 0.6 is 0 Å². The van der Waals surface area contributed by atoms with Crippen LogP contribution in [0.5, 0.6) is 11.5 Å². The average molecular weight is 596 g/mol. The molecule has 1 aliphatic rings. The zero-order chi connectivity index (χ0) is 30.4. The van der Waals surface area contributed by atoms with Crippen molar-refractivity contribution in [3.63, 3.8) is 0 Å². The number of benzene rings is 3. The van der Waals surface area contributed by atoms with Gasteiger partial charge in [0.1, 0.15) is 12.1 Å². The monoisotopic (exact) mass is 595 g/mol. The summed E-state index contributed by atoms with van der Waals surface area (Å²) in [7, 11) is -0.449. The zero-order valence-corrected chi connectivity index (χ0v) is 24.3. The Balaban J connectivity index is 1.37. The largest absolute Gasteiger partial charge is 0.493 e. The van der Waals surface area contributed by atoms with Gasteiger partial charge in [0.25, 0.3) is 5.91 Å². The molecule has 1 saturated heterocycles. The topological polar surface area (TPSA) is 151 Å². The van der Waals surface area contributed by atoms with E-state index in [1.807, 2.05) is 30.3 Å². The summed E-state index contributed by atoms with van der Waals surface area (Å²) in [6, 6.07) is 17.1. The van der Waals surface area contributed by atoms with Crippen molar-refractivity contribution in [3.8, 4) is 22.6 Å². The van der Waals surface area contributed by atoms with Gasteiger partial charge in [0.15, 0.2) is 11.5 Å². The Morgan fingerprint density at radius 2 is 1.60 bits per heavy atom. The predicted octanol–water partition coefficient (Wildman–Crippen LogP) is 3.16. The van der Waals surface area contributed by atoms with Gasteiger partial charge in [-0.15, -0.1) is 0 Å². The molecule has 11 nitrogen and oxygen atoms in total. The summed E-state index contributed by atoms with van der Waals surface area (Å²) in [5.41, 5.74) is 3.38. The van der Waals surface area contributed by atoms with Crippen LogP contribution in [0.25, 0.3) is 11.1 Å². The number of ether oxygens (including phenoxy) is 2. The van der Waals surface area contributed by atoms with E-state index in [0.29, 0.717) is 41.2 Å². The highest BCUT2D eigenvalue weighted by atomic mass is 32.2. The first kappa shape index (κ1) is 30.5. The molecule has 0 bridgehead atoms. The number of carboxylic acids is 1. The van der Waals surface area contributed by atoms with E-state index in [9.17, 15) is 27.9 Å². The number of rotatable bonds is 11. The van der Waals surface area contributed by atoms with Crippen LogP contribution in [-0.4, -0.2) is 74.7 Å². The molecule has 2 amide bonds. The van der Waals surface area contributed by atoms with Crippen LogP contribution in [0.15, 0.2) is 66.7 Å². The summed E-state index contributed by atoms with van der Waals surface area (Å²) in [5, 5.41) is 15.0. The molecular weight excluding hydrogens is 562 g/mol. The second-order valence-electron chi connectivity index (χ2n) is 9.93. The molecule has 0 aliphatic carbocycles. The first-order chi connectivity index (χ1) is 20.0. The van der Waals surface area contributed by atoms with Gasteiger partial charge in [-0.25, -0.2) is 13.2 Å². The number of amides is 2. The molecular formula is C30H33N3O8S. The average Bonchev–Trinajstić information content (AvgIpc) is 3.49. The number of methoxy groups -OCH3 is 2. The number of sulfonamides is 1. The molecule has 0 unspecified atom stereocenters. The second kappa shape index (κ2) is 13.0. The standard InChI is InChI=1S/C30H33N3O8S/c1-40-26-15-12-22(18-27(26)41-2)20-8-10-21(11-9-20)28(34)31-23-13-6-19(7-14-23)17-24(30(36)37)32-29(35)25-5-4-16-33(25)42(3,38)39/h6-15,18,24-25H,4-5,16-17H2,1-3H3,(H,31,34)(H,32,35)(H,36,37)/t24-,25+/m0/s1. The molecule has 42 heavy (non-hydrogen) atoms. The normalized spacial score (nSPS) is 15.9. The number of anilines is 1.